The molecule has 0 rings (SSSR count). The van der Waals surface area contributed by atoms with E-state index in [9.17, 15) is 4.79 Å². The van der Waals surface area contributed by atoms with Gasteiger partial charge in [-0.3, -0.25) is 4.79 Å². The average Bonchev–Trinajstić information content (AvgIpc) is 2.00. The zero-order chi connectivity index (χ0) is 11.1. The molecule has 0 unspecified atom stereocenters. The van der Waals surface area contributed by atoms with Gasteiger partial charge in [-0.2, -0.15) is 0 Å². The van der Waals surface area contributed by atoms with Gasteiger partial charge in [0, 0.05) is 6.42 Å². The Balaban J connectivity index is 3.85. The highest BCUT2D eigenvalue weighted by atomic mass is 16.5. The van der Waals surface area contributed by atoms with Crippen LogP contribution in [0.2, 0.25) is 0 Å². The molecule has 0 amide bonds. The molecule has 0 aromatic rings. The fourth-order valence-corrected chi connectivity index (χ4v) is 1.50. The van der Waals surface area contributed by atoms with E-state index in [1.165, 1.54) is 0 Å². The second-order valence-electron chi connectivity index (χ2n) is 3.93. The Hall–Kier alpha value is -0.610. The first-order chi connectivity index (χ1) is 6.45. The van der Waals surface area contributed by atoms with Crippen LogP contribution in [0.25, 0.3) is 0 Å². The summed E-state index contributed by atoms with van der Waals surface area (Å²) >= 11 is 0. The van der Waals surface area contributed by atoms with Gasteiger partial charge in [0.25, 0.3) is 0 Å². The second-order valence-corrected chi connectivity index (χ2v) is 3.93. The molecule has 0 bridgehead atoms. The number of ether oxygens (including phenoxy) is 1. The van der Waals surface area contributed by atoms with Crippen molar-refractivity contribution in [3.63, 3.8) is 0 Å². The summed E-state index contributed by atoms with van der Waals surface area (Å²) in [7, 11) is 0. The molecule has 0 aliphatic heterocycles. The highest BCUT2D eigenvalue weighted by Gasteiger charge is 2.16. The van der Waals surface area contributed by atoms with E-state index in [4.69, 9.17) is 15.6 Å². The van der Waals surface area contributed by atoms with Gasteiger partial charge in [-0.05, 0) is 39.7 Å². The predicted octanol–water partition coefficient (Wildman–Crippen LogP) is 1.24. The third-order valence-electron chi connectivity index (χ3n) is 1.97. The van der Waals surface area contributed by atoms with E-state index in [1.54, 1.807) is 0 Å². The monoisotopic (exact) mass is 203 g/mol. The number of hydrogen-bond acceptors (Lipinski definition) is 3. The summed E-state index contributed by atoms with van der Waals surface area (Å²) in [5, 5.41) is 8.61. The van der Waals surface area contributed by atoms with Crippen LogP contribution in [-0.4, -0.2) is 29.8 Å². The van der Waals surface area contributed by atoms with Gasteiger partial charge in [0.15, 0.2) is 0 Å². The van der Waals surface area contributed by atoms with Crippen LogP contribution in [0, 0.1) is 5.92 Å². The summed E-state index contributed by atoms with van der Waals surface area (Å²) in [6.45, 7) is 6.28. The molecular formula is C10H21NO3. The predicted molar refractivity (Wildman–Crippen MR) is 55.1 cm³/mol. The van der Waals surface area contributed by atoms with Crippen molar-refractivity contribution in [2.75, 3.05) is 6.54 Å². The van der Waals surface area contributed by atoms with E-state index in [1.807, 2.05) is 20.8 Å². The van der Waals surface area contributed by atoms with Gasteiger partial charge >= 0.3 is 5.97 Å². The van der Waals surface area contributed by atoms with E-state index in [0.29, 0.717) is 13.0 Å². The summed E-state index contributed by atoms with van der Waals surface area (Å²) in [6.07, 6.45) is 1.08. The van der Waals surface area contributed by atoms with Crippen molar-refractivity contribution in [3.05, 3.63) is 0 Å². The molecule has 0 radical (unpaired) electrons. The van der Waals surface area contributed by atoms with Gasteiger partial charge in [-0.25, -0.2) is 0 Å². The Bertz CT molecular complexity index is 171. The lowest BCUT2D eigenvalue weighted by Gasteiger charge is -2.20. The van der Waals surface area contributed by atoms with Gasteiger partial charge in [0.2, 0.25) is 0 Å². The highest BCUT2D eigenvalue weighted by molar-refractivity contribution is 5.67. The average molecular weight is 203 g/mol. The minimum Gasteiger partial charge on any atom is -0.481 e. The van der Waals surface area contributed by atoms with Gasteiger partial charge in [-0.15, -0.1) is 0 Å². The third kappa shape index (κ3) is 6.86. The molecule has 0 aromatic heterocycles. The van der Waals surface area contributed by atoms with Gasteiger partial charge < -0.3 is 15.6 Å². The van der Waals surface area contributed by atoms with Crippen molar-refractivity contribution in [2.45, 2.75) is 45.8 Å². The molecular weight excluding hydrogens is 182 g/mol. The lowest BCUT2D eigenvalue weighted by Crippen LogP contribution is -2.25. The molecule has 0 aromatic carbocycles. The number of aliphatic carboxylic acids is 1. The van der Waals surface area contributed by atoms with Crippen LogP contribution in [0.15, 0.2) is 0 Å². The van der Waals surface area contributed by atoms with Crippen LogP contribution in [0.3, 0.4) is 0 Å². The number of rotatable bonds is 7. The molecule has 0 saturated carbocycles. The fourth-order valence-electron chi connectivity index (χ4n) is 1.50. The summed E-state index contributed by atoms with van der Waals surface area (Å²) in [6, 6.07) is 0. The molecule has 0 saturated heterocycles. The number of hydrogen-bond donors (Lipinski definition) is 2. The van der Waals surface area contributed by atoms with Crippen molar-refractivity contribution < 1.29 is 14.6 Å². The SMILES string of the molecule is CC(C)O[C@@H](C)C[C@H](CN)CC(=O)O. The molecule has 0 aliphatic rings. The first kappa shape index (κ1) is 13.4. The fraction of sp³-hybridized carbons (Fsp3) is 0.900. The molecule has 0 spiro atoms. The van der Waals surface area contributed by atoms with E-state index < -0.39 is 5.97 Å². The molecule has 3 N–H and O–H groups in total. The summed E-state index contributed by atoms with van der Waals surface area (Å²) in [5.41, 5.74) is 5.48. The Morgan fingerprint density at radius 3 is 2.36 bits per heavy atom. The standard InChI is InChI=1S/C10H21NO3/c1-7(2)14-8(3)4-9(6-11)5-10(12)13/h7-9H,4-6,11H2,1-3H3,(H,12,13)/t8-,9-/m0/s1. The molecule has 14 heavy (non-hydrogen) atoms. The van der Waals surface area contributed by atoms with Crippen molar-refractivity contribution in [1.82, 2.24) is 0 Å². The van der Waals surface area contributed by atoms with E-state index in [2.05, 4.69) is 0 Å². The summed E-state index contributed by atoms with van der Waals surface area (Å²) in [5.74, 6) is -0.779. The van der Waals surface area contributed by atoms with Crippen LogP contribution >= 0.6 is 0 Å². The second kappa shape index (κ2) is 6.79. The van der Waals surface area contributed by atoms with Gasteiger partial charge in [0.05, 0.1) is 12.2 Å². The van der Waals surface area contributed by atoms with Gasteiger partial charge in [0.1, 0.15) is 0 Å². The highest BCUT2D eigenvalue weighted by Crippen LogP contribution is 2.13. The van der Waals surface area contributed by atoms with Crippen LogP contribution < -0.4 is 5.73 Å². The van der Waals surface area contributed by atoms with Crippen molar-refractivity contribution >= 4 is 5.97 Å². The van der Waals surface area contributed by atoms with Crippen molar-refractivity contribution in [1.29, 1.82) is 0 Å². The Labute approximate surface area is 85.4 Å². The molecule has 4 nitrogen and oxygen atoms in total. The Morgan fingerprint density at radius 2 is 2.00 bits per heavy atom. The number of carboxylic acid groups (broad SMARTS) is 1. The topological polar surface area (TPSA) is 72.5 Å². The minimum absolute atomic E-state index is 0.0150. The molecule has 0 fully saturated rings. The molecule has 0 aliphatic carbocycles. The molecule has 4 heteroatoms. The van der Waals surface area contributed by atoms with E-state index in [0.717, 1.165) is 0 Å². The molecule has 0 heterocycles. The van der Waals surface area contributed by atoms with Crippen LogP contribution in [0.1, 0.15) is 33.6 Å². The van der Waals surface area contributed by atoms with Crippen molar-refractivity contribution in [3.8, 4) is 0 Å². The molecule has 84 valence electrons. The first-order valence-corrected chi connectivity index (χ1v) is 5.03. The Morgan fingerprint density at radius 1 is 1.43 bits per heavy atom. The maximum absolute atomic E-state index is 10.5. The van der Waals surface area contributed by atoms with Crippen LogP contribution in [0.4, 0.5) is 0 Å². The quantitative estimate of drug-likeness (QED) is 0.653. The normalized spacial score (nSPS) is 15.5. The maximum Gasteiger partial charge on any atom is 0.303 e. The number of nitrogens with two attached hydrogens (primary N) is 1. The van der Waals surface area contributed by atoms with Crippen molar-refractivity contribution in [2.24, 2.45) is 11.7 Å². The smallest absolute Gasteiger partial charge is 0.303 e. The lowest BCUT2D eigenvalue weighted by atomic mass is 9.99. The largest absolute Gasteiger partial charge is 0.481 e. The molecule has 2 atom stereocenters. The summed E-state index contributed by atoms with van der Waals surface area (Å²) < 4.78 is 5.52. The Kier molecular flexibility index (Phi) is 6.49. The van der Waals surface area contributed by atoms with E-state index >= 15 is 0 Å². The van der Waals surface area contributed by atoms with Gasteiger partial charge in [-0.1, -0.05) is 0 Å². The number of carboxylic acids is 1. The first-order valence-electron chi connectivity index (χ1n) is 5.03. The minimum atomic E-state index is -0.794. The zero-order valence-corrected chi connectivity index (χ0v) is 9.19. The lowest BCUT2D eigenvalue weighted by molar-refractivity contribution is -0.138. The van der Waals surface area contributed by atoms with Crippen LogP contribution in [0.5, 0.6) is 0 Å². The zero-order valence-electron chi connectivity index (χ0n) is 9.19. The van der Waals surface area contributed by atoms with Crippen LogP contribution in [-0.2, 0) is 9.53 Å². The van der Waals surface area contributed by atoms with E-state index in [-0.39, 0.29) is 24.5 Å². The summed E-state index contributed by atoms with van der Waals surface area (Å²) in [4.78, 5) is 10.5. The maximum atomic E-state index is 10.5. The number of carbonyl (C=O) groups is 1. The third-order valence-corrected chi connectivity index (χ3v) is 1.97.